The van der Waals surface area contributed by atoms with Crippen molar-refractivity contribution in [1.29, 1.82) is 0 Å². The van der Waals surface area contributed by atoms with Crippen LogP contribution in [-0.4, -0.2) is 5.78 Å². The minimum atomic E-state index is -0.564. The van der Waals surface area contributed by atoms with Gasteiger partial charge in [0.05, 0.1) is 5.56 Å². The predicted octanol–water partition coefficient (Wildman–Crippen LogP) is 4.85. The van der Waals surface area contributed by atoms with Crippen LogP contribution in [0.15, 0.2) is 78.9 Å². The van der Waals surface area contributed by atoms with Crippen LogP contribution >= 0.6 is 0 Å². The monoisotopic (exact) mass is 292 g/mol. The molecule has 0 heterocycles. The Labute approximate surface area is 127 Å². The Hall–Kier alpha value is -2.94. The Morgan fingerprint density at radius 1 is 0.773 bits per heavy atom. The molecule has 0 aliphatic rings. The summed E-state index contributed by atoms with van der Waals surface area (Å²) in [5.41, 5.74) is 0.695. The second-order valence-corrected chi connectivity index (χ2v) is 4.73. The third kappa shape index (κ3) is 2.88. The van der Waals surface area contributed by atoms with E-state index in [1.165, 1.54) is 12.1 Å². The molecule has 2 nitrogen and oxygen atoms in total. The molecule has 0 saturated carbocycles. The van der Waals surface area contributed by atoms with Gasteiger partial charge in [0.25, 0.3) is 0 Å². The number of halogens is 1. The van der Waals surface area contributed by atoms with E-state index >= 15 is 0 Å². The van der Waals surface area contributed by atoms with Crippen LogP contribution in [0.3, 0.4) is 0 Å². The van der Waals surface area contributed by atoms with Crippen LogP contribution in [0.25, 0.3) is 0 Å². The third-order valence-electron chi connectivity index (χ3n) is 3.21. The van der Waals surface area contributed by atoms with Crippen molar-refractivity contribution >= 4 is 5.78 Å². The summed E-state index contributed by atoms with van der Waals surface area (Å²) in [5, 5.41) is 0. The molecule has 0 radical (unpaired) electrons. The van der Waals surface area contributed by atoms with Crippen LogP contribution in [0.4, 0.5) is 4.39 Å². The fourth-order valence-electron chi connectivity index (χ4n) is 2.14. The molecule has 3 aromatic carbocycles. The molecule has 0 aliphatic carbocycles. The van der Waals surface area contributed by atoms with Crippen LogP contribution in [0.2, 0.25) is 0 Å². The summed E-state index contributed by atoms with van der Waals surface area (Å²) in [6.07, 6.45) is 0. The maximum Gasteiger partial charge on any atom is 0.196 e. The summed E-state index contributed by atoms with van der Waals surface area (Å²) in [6, 6.07) is 21.9. The average molecular weight is 292 g/mol. The van der Waals surface area contributed by atoms with E-state index in [0.717, 1.165) is 0 Å². The first kappa shape index (κ1) is 14.0. The van der Waals surface area contributed by atoms with Crippen LogP contribution in [0, 0.1) is 5.82 Å². The molecule has 0 unspecified atom stereocenters. The number of hydrogen-bond donors (Lipinski definition) is 0. The van der Waals surface area contributed by atoms with E-state index in [1.807, 2.05) is 12.1 Å². The number of carbonyl (C=O) groups excluding carboxylic acids is 1. The Morgan fingerprint density at radius 3 is 2.09 bits per heavy atom. The number of para-hydroxylation sites is 2. The molecule has 22 heavy (non-hydrogen) atoms. The van der Waals surface area contributed by atoms with Crippen LogP contribution < -0.4 is 4.74 Å². The Balaban J connectivity index is 2.02. The first-order valence-electron chi connectivity index (χ1n) is 6.87. The van der Waals surface area contributed by atoms with Gasteiger partial charge >= 0.3 is 0 Å². The quantitative estimate of drug-likeness (QED) is 0.643. The van der Waals surface area contributed by atoms with Gasteiger partial charge in [-0.2, -0.15) is 0 Å². The molecular formula is C19H13FO2. The van der Waals surface area contributed by atoms with Crippen molar-refractivity contribution in [2.24, 2.45) is 0 Å². The lowest BCUT2D eigenvalue weighted by Gasteiger charge is -2.11. The van der Waals surface area contributed by atoms with E-state index in [-0.39, 0.29) is 17.1 Å². The number of hydrogen-bond acceptors (Lipinski definition) is 2. The number of ether oxygens (including phenoxy) is 1. The molecule has 0 N–H and O–H groups in total. The molecule has 0 spiro atoms. The average Bonchev–Trinajstić information content (AvgIpc) is 2.58. The predicted molar refractivity (Wildman–Crippen MR) is 82.8 cm³/mol. The lowest BCUT2D eigenvalue weighted by atomic mass is 10.0. The van der Waals surface area contributed by atoms with Gasteiger partial charge in [-0.1, -0.05) is 54.6 Å². The molecule has 3 rings (SSSR count). The van der Waals surface area contributed by atoms with Crippen molar-refractivity contribution in [3.8, 4) is 11.5 Å². The van der Waals surface area contributed by atoms with Crippen LogP contribution in [-0.2, 0) is 0 Å². The minimum absolute atomic E-state index is 0.0532. The number of carbonyl (C=O) groups is 1. The maximum absolute atomic E-state index is 14.1. The summed E-state index contributed by atoms with van der Waals surface area (Å²) >= 11 is 0. The molecule has 108 valence electrons. The van der Waals surface area contributed by atoms with E-state index in [4.69, 9.17) is 4.74 Å². The van der Waals surface area contributed by atoms with Crippen molar-refractivity contribution in [3.63, 3.8) is 0 Å². The molecule has 0 amide bonds. The highest BCUT2D eigenvalue weighted by atomic mass is 19.1. The number of ketones is 1. The first-order chi connectivity index (χ1) is 10.8. The number of rotatable bonds is 4. The lowest BCUT2D eigenvalue weighted by Crippen LogP contribution is -2.05. The van der Waals surface area contributed by atoms with Gasteiger partial charge in [-0.15, -0.1) is 0 Å². The topological polar surface area (TPSA) is 26.3 Å². The Bertz CT molecular complexity index is 783. The largest absolute Gasteiger partial charge is 0.454 e. The molecule has 3 aromatic rings. The van der Waals surface area contributed by atoms with E-state index in [0.29, 0.717) is 11.3 Å². The van der Waals surface area contributed by atoms with Crippen molar-refractivity contribution in [1.82, 2.24) is 0 Å². The van der Waals surface area contributed by atoms with Gasteiger partial charge in [0.1, 0.15) is 5.75 Å². The lowest BCUT2D eigenvalue weighted by molar-refractivity contribution is 0.103. The molecule has 0 aliphatic heterocycles. The number of benzene rings is 3. The van der Waals surface area contributed by atoms with E-state index in [1.54, 1.807) is 54.6 Å². The minimum Gasteiger partial charge on any atom is -0.454 e. The molecular weight excluding hydrogens is 279 g/mol. The van der Waals surface area contributed by atoms with E-state index in [2.05, 4.69) is 0 Å². The van der Waals surface area contributed by atoms with Crippen molar-refractivity contribution < 1.29 is 13.9 Å². The van der Waals surface area contributed by atoms with Crippen molar-refractivity contribution in [3.05, 3.63) is 95.8 Å². The van der Waals surface area contributed by atoms with Crippen LogP contribution in [0.5, 0.6) is 11.5 Å². The second-order valence-electron chi connectivity index (χ2n) is 4.73. The summed E-state index contributed by atoms with van der Waals surface area (Å²) in [7, 11) is 0. The van der Waals surface area contributed by atoms with Crippen molar-refractivity contribution in [2.45, 2.75) is 0 Å². The van der Waals surface area contributed by atoms with Gasteiger partial charge in [0.15, 0.2) is 17.3 Å². The molecule has 3 heteroatoms. The fraction of sp³-hybridized carbons (Fsp3) is 0. The SMILES string of the molecule is O=C(c1ccccc1)c1cccc(F)c1Oc1ccccc1. The van der Waals surface area contributed by atoms with E-state index in [9.17, 15) is 9.18 Å². The normalized spacial score (nSPS) is 10.2. The first-order valence-corrected chi connectivity index (χ1v) is 6.87. The van der Waals surface area contributed by atoms with E-state index < -0.39 is 5.82 Å². The Kier molecular flexibility index (Phi) is 3.97. The molecule has 0 atom stereocenters. The van der Waals surface area contributed by atoms with Gasteiger partial charge in [0.2, 0.25) is 0 Å². The zero-order valence-electron chi connectivity index (χ0n) is 11.7. The molecule has 0 fully saturated rings. The fourth-order valence-corrected chi connectivity index (χ4v) is 2.14. The van der Waals surface area contributed by atoms with Crippen molar-refractivity contribution in [2.75, 3.05) is 0 Å². The van der Waals surface area contributed by atoms with Gasteiger partial charge in [0, 0.05) is 5.56 Å². The Morgan fingerprint density at radius 2 is 1.41 bits per heavy atom. The van der Waals surface area contributed by atoms with Crippen LogP contribution in [0.1, 0.15) is 15.9 Å². The second kappa shape index (κ2) is 6.22. The molecule has 0 bridgehead atoms. The summed E-state index contributed by atoms with van der Waals surface area (Å²) in [6.45, 7) is 0. The van der Waals surface area contributed by atoms with Gasteiger partial charge in [-0.25, -0.2) is 4.39 Å². The van der Waals surface area contributed by atoms with Gasteiger partial charge in [-0.3, -0.25) is 4.79 Å². The van der Waals surface area contributed by atoms with Gasteiger partial charge < -0.3 is 4.74 Å². The zero-order valence-corrected chi connectivity index (χ0v) is 11.7. The summed E-state index contributed by atoms with van der Waals surface area (Å²) < 4.78 is 19.7. The molecule has 0 saturated heterocycles. The van der Waals surface area contributed by atoms with Gasteiger partial charge in [-0.05, 0) is 24.3 Å². The highest BCUT2D eigenvalue weighted by molar-refractivity contribution is 6.10. The highest BCUT2D eigenvalue weighted by Gasteiger charge is 2.18. The third-order valence-corrected chi connectivity index (χ3v) is 3.21. The summed E-state index contributed by atoms with van der Waals surface area (Å²) in [5.74, 6) is -0.408. The maximum atomic E-state index is 14.1. The zero-order chi connectivity index (χ0) is 15.4. The highest BCUT2D eigenvalue weighted by Crippen LogP contribution is 2.30. The summed E-state index contributed by atoms with van der Waals surface area (Å²) in [4.78, 5) is 12.6. The smallest absolute Gasteiger partial charge is 0.196 e. The molecule has 0 aromatic heterocycles. The standard InChI is InChI=1S/C19H13FO2/c20-17-13-7-12-16(18(21)14-8-3-1-4-9-14)19(17)22-15-10-5-2-6-11-15/h1-13H.